The van der Waals surface area contributed by atoms with Crippen molar-refractivity contribution in [1.29, 1.82) is 0 Å². The number of hydrogen-bond acceptors (Lipinski definition) is 3. The summed E-state index contributed by atoms with van der Waals surface area (Å²) in [7, 11) is 1.36. The van der Waals surface area contributed by atoms with Crippen LogP contribution in [0.2, 0.25) is 0 Å². The van der Waals surface area contributed by atoms with Crippen LogP contribution >= 0.6 is 22.6 Å². The number of alkyl halides is 2. The van der Waals surface area contributed by atoms with Crippen LogP contribution in [0.15, 0.2) is 0 Å². The number of rotatable bonds is 6. The van der Waals surface area contributed by atoms with Crippen LogP contribution in [0, 0.1) is 0 Å². The zero-order valence-corrected chi connectivity index (χ0v) is 9.14. The van der Waals surface area contributed by atoms with Gasteiger partial charge in [-0.3, -0.25) is 9.18 Å². The molecular weight excluding hydrogens is 276 g/mol. The van der Waals surface area contributed by atoms with Crippen molar-refractivity contribution in [3.05, 3.63) is 0 Å². The molecule has 0 fully saturated rings. The molecule has 5 heteroatoms. The Morgan fingerprint density at radius 3 is 2.92 bits per heavy atom. The Kier molecular flexibility index (Phi) is 7.78. The smallest absolute Gasteiger partial charge is 0.319 e. The lowest BCUT2D eigenvalue weighted by Crippen LogP contribution is -2.30. The van der Waals surface area contributed by atoms with E-state index in [0.29, 0.717) is 19.5 Å². The lowest BCUT2D eigenvalue weighted by Gasteiger charge is -2.07. The Bertz CT molecular complexity index is 135. The van der Waals surface area contributed by atoms with Crippen LogP contribution in [0.3, 0.4) is 0 Å². The first kappa shape index (κ1) is 12.1. The molecule has 72 valence electrons. The summed E-state index contributed by atoms with van der Waals surface area (Å²) in [6, 6.07) is 0. The lowest BCUT2D eigenvalue weighted by molar-refractivity contribution is -0.139. The van der Waals surface area contributed by atoms with E-state index in [1.165, 1.54) is 7.11 Å². The van der Waals surface area contributed by atoms with Crippen molar-refractivity contribution < 1.29 is 13.9 Å². The largest absolute Gasteiger partial charge is 0.468 e. The molecular formula is C7H13FINO2. The standard InChI is InChI=1S/C7H13FINO2/c1-12-7(11)6(9)5-10-4-2-3-8/h6,10H,2-5H2,1H3. The first-order valence-corrected chi connectivity index (χ1v) is 4.95. The van der Waals surface area contributed by atoms with E-state index in [2.05, 4.69) is 10.1 Å². The summed E-state index contributed by atoms with van der Waals surface area (Å²) >= 11 is 1.99. The normalized spacial score (nSPS) is 12.6. The lowest BCUT2D eigenvalue weighted by atomic mass is 10.4. The summed E-state index contributed by atoms with van der Waals surface area (Å²) < 4.78 is 15.9. The van der Waals surface area contributed by atoms with Gasteiger partial charge >= 0.3 is 5.97 Å². The average Bonchev–Trinajstić information content (AvgIpc) is 2.10. The van der Waals surface area contributed by atoms with Gasteiger partial charge in [0.2, 0.25) is 0 Å². The second kappa shape index (κ2) is 7.72. The fourth-order valence-corrected chi connectivity index (χ4v) is 1.20. The molecule has 0 radical (unpaired) electrons. The van der Waals surface area contributed by atoms with Crippen molar-refractivity contribution in [3.8, 4) is 0 Å². The van der Waals surface area contributed by atoms with Crippen molar-refractivity contribution in [2.45, 2.75) is 10.3 Å². The molecule has 0 amide bonds. The second-order valence-electron chi connectivity index (χ2n) is 2.24. The third kappa shape index (κ3) is 5.70. The molecule has 0 aromatic rings. The topological polar surface area (TPSA) is 38.3 Å². The summed E-state index contributed by atoms with van der Waals surface area (Å²) in [5.74, 6) is -0.247. The highest BCUT2D eigenvalue weighted by atomic mass is 127. The first-order valence-electron chi connectivity index (χ1n) is 3.71. The van der Waals surface area contributed by atoms with Gasteiger partial charge in [-0.05, 0) is 13.0 Å². The van der Waals surface area contributed by atoms with Gasteiger partial charge in [0.05, 0.1) is 13.8 Å². The highest BCUT2D eigenvalue weighted by Gasteiger charge is 2.13. The fraction of sp³-hybridized carbons (Fsp3) is 0.857. The predicted octanol–water partition coefficient (Wildman–Crippen LogP) is 0.912. The Morgan fingerprint density at radius 2 is 2.42 bits per heavy atom. The second-order valence-corrected chi connectivity index (χ2v) is 3.74. The van der Waals surface area contributed by atoms with Crippen LogP contribution in [0.1, 0.15) is 6.42 Å². The molecule has 1 N–H and O–H groups in total. The van der Waals surface area contributed by atoms with Crippen LogP contribution in [-0.4, -0.2) is 36.8 Å². The SMILES string of the molecule is COC(=O)C(I)CNCCCF. The zero-order chi connectivity index (χ0) is 9.40. The molecule has 0 saturated heterocycles. The first-order chi connectivity index (χ1) is 5.72. The van der Waals surface area contributed by atoms with Gasteiger partial charge < -0.3 is 10.1 Å². The van der Waals surface area contributed by atoms with Crippen LogP contribution < -0.4 is 5.32 Å². The number of ether oxygens (including phenoxy) is 1. The minimum Gasteiger partial charge on any atom is -0.468 e. The maximum Gasteiger partial charge on any atom is 0.319 e. The Hall–Kier alpha value is 0.0900. The van der Waals surface area contributed by atoms with E-state index in [1.54, 1.807) is 0 Å². The number of hydrogen-bond donors (Lipinski definition) is 1. The molecule has 3 nitrogen and oxygen atoms in total. The summed E-state index contributed by atoms with van der Waals surface area (Å²) in [5, 5.41) is 2.95. The van der Waals surface area contributed by atoms with Gasteiger partial charge in [0.25, 0.3) is 0 Å². The number of carbonyl (C=O) groups excluding carboxylic acids is 1. The number of halogens is 2. The Labute approximate surface area is 85.2 Å². The van der Waals surface area contributed by atoms with Crippen molar-refractivity contribution >= 4 is 28.6 Å². The third-order valence-corrected chi connectivity index (χ3v) is 2.22. The number of carbonyl (C=O) groups is 1. The van der Waals surface area contributed by atoms with Gasteiger partial charge in [-0.15, -0.1) is 0 Å². The molecule has 0 heterocycles. The highest BCUT2D eigenvalue weighted by Crippen LogP contribution is 2.00. The number of nitrogens with one attached hydrogen (secondary N) is 1. The molecule has 0 aromatic heterocycles. The van der Waals surface area contributed by atoms with Gasteiger partial charge in [-0.25, -0.2) is 0 Å². The molecule has 1 unspecified atom stereocenters. The maximum absolute atomic E-state index is 11.6. The molecule has 0 aliphatic heterocycles. The summed E-state index contributed by atoms with van der Waals surface area (Å²) in [6.45, 7) is 0.817. The predicted molar refractivity (Wildman–Crippen MR) is 53.3 cm³/mol. The average molecular weight is 289 g/mol. The van der Waals surface area contributed by atoms with E-state index in [1.807, 2.05) is 22.6 Å². The minimum atomic E-state index is -0.322. The molecule has 0 bridgehead atoms. The van der Waals surface area contributed by atoms with E-state index in [9.17, 15) is 9.18 Å². The molecule has 0 aliphatic rings. The van der Waals surface area contributed by atoms with Gasteiger partial charge in [-0.2, -0.15) is 0 Å². The number of esters is 1. The van der Waals surface area contributed by atoms with E-state index in [0.717, 1.165) is 0 Å². The summed E-state index contributed by atoms with van der Waals surface area (Å²) in [5.41, 5.74) is 0. The molecule has 12 heavy (non-hydrogen) atoms. The van der Waals surface area contributed by atoms with Gasteiger partial charge in [0.1, 0.15) is 3.92 Å². The highest BCUT2D eigenvalue weighted by molar-refractivity contribution is 14.1. The minimum absolute atomic E-state index is 0.188. The maximum atomic E-state index is 11.6. The molecule has 0 aliphatic carbocycles. The van der Waals surface area contributed by atoms with E-state index < -0.39 is 0 Å². The van der Waals surface area contributed by atoms with Crippen LogP contribution in [0.4, 0.5) is 4.39 Å². The molecule has 0 spiro atoms. The Morgan fingerprint density at radius 1 is 1.75 bits per heavy atom. The van der Waals surface area contributed by atoms with E-state index >= 15 is 0 Å². The third-order valence-electron chi connectivity index (χ3n) is 1.27. The Balaban J connectivity index is 3.31. The molecule has 0 aromatic carbocycles. The number of methoxy groups -OCH3 is 1. The molecule has 0 rings (SSSR count). The van der Waals surface area contributed by atoms with E-state index in [4.69, 9.17) is 0 Å². The fourth-order valence-electron chi connectivity index (χ4n) is 0.632. The summed E-state index contributed by atoms with van der Waals surface area (Å²) in [4.78, 5) is 10.8. The van der Waals surface area contributed by atoms with Crippen molar-refractivity contribution in [2.24, 2.45) is 0 Å². The zero-order valence-electron chi connectivity index (χ0n) is 6.98. The van der Waals surface area contributed by atoms with Gasteiger partial charge in [-0.1, -0.05) is 22.6 Å². The van der Waals surface area contributed by atoms with Crippen molar-refractivity contribution in [1.82, 2.24) is 5.32 Å². The quantitative estimate of drug-likeness (QED) is 0.342. The molecule has 0 saturated carbocycles. The van der Waals surface area contributed by atoms with Crippen LogP contribution in [-0.2, 0) is 9.53 Å². The summed E-state index contributed by atoms with van der Waals surface area (Å²) in [6.07, 6.45) is 0.491. The van der Waals surface area contributed by atoms with E-state index in [-0.39, 0.29) is 16.6 Å². The monoisotopic (exact) mass is 289 g/mol. The van der Waals surface area contributed by atoms with Crippen molar-refractivity contribution in [3.63, 3.8) is 0 Å². The van der Waals surface area contributed by atoms with Crippen LogP contribution in [0.5, 0.6) is 0 Å². The van der Waals surface area contributed by atoms with Gasteiger partial charge in [0.15, 0.2) is 0 Å². The molecule has 1 atom stereocenters. The van der Waals surface area contributed by atoms with Gasteiger partial charge in [0, 0.05) is 6.54 Å². The van der Waals surface area contributed by atoms with Crippen molar-refractivity contribution in [2.75, 3.05) is 26.9 Å². The van der Waals surface area contributed by atoms with Crippen LogP contribution in [0.25, 0.3) is 0 Å².